The molecular weight excluding hydrogens is 200 g/mol. The number of aromatic nitrogens is 4. The van der Waals surface area contributed by atoms with Gasteiger partial charge in [-0.3, -0.25) is 15.1 Å². The van der Waals surface area contributed by atoms with Crippen LogP contribution < -0.4 is 0 Å². The maximum atomic E-state index is 4.40. The molecule has 3 aromatic heterocycles. The highest BCUT2D eigenvalue weighted by Gasteiger charge is 2.04. The Morgan fingerprint density at radius 1 is 1.19 bits per heavy atom. The van der Waals surface area contributed by atoms with Crippen LogP contribution in [0.4, 0.5) is 0 Å². The summed E-state index contributed by atoms with van der Waals surface area (Å²) in [4.78, 5) is 8.53. The molecule has 4 heteroatoms. The molecule has 0 spiro atoms. The lowest BCUT2D eigenvalue weighted by molar-refractivity contribution is 1.11. The van der Waals surface area contributed by atoms with E-state index in [1.165, 1.54) is 5.56 Å². The first-order valence-corrected chi connectivity index (χ1v) is 5.05. The quantitative estimate of drug-likeness (QED) is 0.670. The molecule has 78 valence electrons. The SMILES string of the molecule is Cc1ccncc1-c1cc2cn[nH]c2cn1. The van der Waals surface area contributed by atoms with Crippen molar-refractivity contribution in [2.45, 2.75) is 6.92 Å². The van der Waals surface area contributed by atoms with Gasteiger partial charge in [0.15, 0.2) is 0 Å². The van der Waals surface area contributed by atoms with Gasteiger partial charge in [0.1, 0.15) is 0 Å². The molecular formula is C12H10N4. The molecule has 0 amide bonds. The summed E-state index contributed by atoms with van der Waals surface area (Å²) in [6.07, 6.45) is 7.22. The Hall–Kier alpha value is -2.23. The third-order valence-electron chi connectivity index (χ3n) is 2.64. The zero-order valence-corrected chi connectivity index (χ0v) is 8.81. The molecule has 0 atom stereocenters. The average molecular weight is 210 g/mol. The molecule has 0 aromatic carbocycles. The van der Waals surface area contributed by atoms with Gasteiger partial charge in [0.25, 0.3) is 0 Å². The lowest BCUT2D eigenvalue weighted by atomic mass is 10.1. The summed E-state index contributed by atoms with van der Waals surface area (Å²) < 4.78 is 0. The highest BCUT2D eigenvalue weighted by Crippen LogP contribution is 2.22. The molecule has 0 aliphatic rings. The lowest BCUT2D eigenvalue weighted by Crippen LogP contribution is -1.87. The van der Waals surface area contributed by atoms with Gasteiger partial charge < -0.3 is 0 Å². The molecule has 0 aliphatic carbocycles. The molecule has 3 heterocycles. The minimum Gasteiger partial charge on any atom is -0.276 e. The second-order valence-electron chi connectivity index (χ2n) is 3.72. The lowest BCUT2D eigenvalue weighted by Gasteiger charge is -2.03. The van der Waals surface area contributed by atoms with E-state index in [-0.39, 0.29) is 0 Å². The topological polar surface area (TPSA) is 54.5 Å². The van der Waals surface area contributed by atoms with Gasteiger partial charge in [-0.05, 0) is 24.6 Å². The number of hydrogen-bond donors (Lipinski definition) is 1. The van der Waals surface area contributed by atoms with Crippen molar-refractivity contribution < 1.29 is 0 Å². The number of H-pyrrole nitrogens is 1. The molecule has 0 fully saturated rings. The van der Waals surface area contributed by atoms with Crippen LogP contribution in [-0.4, -0.2) is 20.2 Å². The summed E-state index contributed by atoms with van der Waals surface area (Å²) in [5.41, 5.74) is 4.11. The Balaban J connectivity index is 2.22. The summed E-state index contributed by atoms with van der Waals surface area (Å²) in [6.45, 7) is 2.05. The fourth-order valence-corrected chi connectivity index (χ4v) is 1.72. The normalized spacial score (nSPS) is 10.8. The van der Waals surface area contributed by atoms with Gasteiger partial charge in [0.2, 0.25) is 0 Å². The molecule has 16 heavy (non-hydrogen) atoms. The number of fused-ring (bicyclic) bond motifs is 1. The summed E-state index contributed by atoms with van der Waals surface area (Å²) in [5, 5.41) is 7.93. The van der Waals surface area contributed by atoms with Gasteiger partial charge in [0, 0.05) is 23.3 Å². The number of rotatable bonds is 1. The summed E-state index contributed by atoms with van der Waals surface area (Å²) in [6, 6.07) is 4.00. The van der Waals surface area contributed by atoms with Gasteiger partial charge in [-0.2, -0.15) is 5.10 Å². The van der Waals surface area contributed by atoms with Gasteiger partial charge in [0.05, 0.1) is 23.6 Å². The van der Waals surface area contributed by atoms with Gasteiger partial charge >= 0.3 is 0 Å². The van der Waals surface area contributed by atoms with E-state index in [1.54, 1.807) is 18.6 Å². The Morgan fingerprint density at radius 2 is 2.12 bits per heavy atom. The van der Waals surface area contributed by atoms with Crippen molar-refractivity contribution in [2.75, 3.05) is 0 Å². The Labute approximate surface area is 92.4 Å². The predicted molar refractivity (Wildman–Crippen MR) is 61.9 cm³/mol. The van der Waals surface area contributed by atoms with Crippen molar-refractivity contribution in [1.82, 2.24) is 20.2 Å². The molecule has 0 unspecified atom stereocenters. The van der Waals surface area contributed by atoms with E-state index in [2.05, 4.69) is 27.1 Å². The Morgan fingerprint density at radius 3 is 3.00 bits per heavy atom. The molecule has 0 radical (unpaired) electrons. The van der Waals surface area contributed by atoms with Crippen LogP contribution in [0.15, 0.2) is 36.9 Å². The largest absolute Gasteiger partial charge is 0.276 e. The van der Waals surface area contributed by atoms with E-state index in [4.69, 9.17) is 0 Å². The van der Waals surface area contributed by atoms with Crippen LogP contribution >= 0.6 is 0 Å². The van der Waals surface area contributed by atoms with Crippen LogP contribution in [0, 0.1) is 6.92 Å². The molecule has 0 aliphatic heterocycles. The fraction of sp³-hybridized carbons (Fsp3) is 0.0833. The first-order chi connectivity index (χ1) is 7.84. The van der Waals surface area contributed by atoms with E-state index >= 15 is 0 Å². The van der Waals surface area contributed by atoms with Crippen molar-refractivity contribution in [3.8, 4) is 11.3 Å². The average Bonchev–Trinajstić information content (AvgIpc) is 2.76. The Bertz CT molecular complexity index is 642. The van der Waals surface area contributed by atoms with Crippen LogP contribution in [0.3, 0.4) is 0 Å². The number of aryl methyl sites for hydroxylation is 1. The molecule has 0 saturated heterocycles. The van der Waals surface area contributed by atoms with Crippen LogP contribution in [0.25, 0.3) is 22.2 Å². The number of nitrogens with zero attached hydrogens (tertiary/aromatic N) is 3. The maximum Gasteiger partial charge on any atom is 0.0833 e. The van der Waals surface area contributed by atoms with Crippen LogP contribution in [0.2, 0.25) is 0 Å². The van der Waals surface area contributed by atoms with Crippen molar-refractivity contribution in [3.63, 3.8) is 0 Å². The minimum absolute atomic E-state index is 0.930. The second-order valence-corrected chi connectivity index (χ2v) is 3.72. The highest BCUT2D eigenvalue weighted by atomic mass is 15.1. The highest BCUT2D eigenvalue weighted by molar-refractivity contribution is 5.81. The van der Waals surface area contributed by atoms with Crippen LogP contribution in [0.5, 0.6) is 0 Å². The third kappa shape index (κ3) is 1.35. The van der Waals surface area contributed by atoms with Crippen molar-refractivity contribution in [1.29, 1.82) is 0 Å². The third-order valence-corrected chi connectivity index (χ3v) is 2.64. The molecule has 4 nitrogen and oxygen atoms in total. The molecule has 0 bridgehead atoms. The van der Waals surface area contributed by atoms with E-state index in [0.717, 1.165) is 22.2 Å². The summed E-state index contributed by atoms with van der Waals surface area (Å²) in [7, 11) is 0. The zero-order valence-electron chi connectivity index (χ0n) is 8.81. The van der Waals surface area contributed by atoms with Crippen molar-refractivity contribution in [2.24, 2.45) is 0 Å². The number of nitrogens with one attached hydrogen (secondary N) is 1. The second kappa shape index (κ2) is 3.41. The first kappa shape index (κ1) is 9.03. The zero-order chi connectivity index (χ0) is 11.0. The minimum atomic E-state index is 0.930. The number of hydrogen-bond acceptors (Lipinski definition) is 3. The van der Waals surface area contributed by atoms with Crippen molar-refractivity contribution in [3.05, 3.63) is 42.5 Å². The fourth-order valence-electron chi connectivity index (χ4n) is 1.72. The maximum absolute atomic E-state index is 4.40. The smallest absolute Gasteiger partial charge is 0.0833 e. The monoisotopic (exact) mass is 210 g/mol. The summed E-state index contributed by atoms with van der Waals surface area (Å²) >= 11 is 0. The van der Waals surface area contributed by atoms with Gasteiger partial charge in [-0.25, -0.2) is 0 Å². The standard InChI is InChI=1S/C12H10N4/c1-8-2-3-13-6-10(8)11-4-9-5-15-16-12(9)7-14-11/h2-7H,1H3,(H,15,16). The van der Waals surface area contributed by atoms with E-state index < -0.39 is 0 Å². The molecule has 0 saturated carbocycles. The Kier molecular flexibility index (Phi) is 1.93. The molecule has 3 rings (SSSR count). The molecule has 1 N–H and O–H groups in total. The van der Waals surface area contributed by atoms with Gasteiger partial charge in [-0.1, -0.05) is 0 Å². The number of aromatic amines is 1. The number of pyridine rings is 2. The van der Waals surface area contributed by atoms with E-state index in [1.807, 2.05) is 18.3 Å². The van der Waals surface area contributed by atoms with E-state index in [0.29, 0.717) is 0 Å². The van der Waals surface area contributed by atoms with Gasteiger partial charge in [-0.15, -0.1) is 0 Å². The molecule has 3 aromatic rings. The van der Waals surface area contributed by atoms with Crippen LogP contribution in [0.1, 0.15) is 5.56 Å². The first-order valence-electron chi connectivity index (χ1n) is 5.05. The van der Waals surface area contributed by atoms with E-state index in [9.17, 15) is 0 Å². The predicted octanol–water partition coefficient (Wildman–Crippen LogP) is 2.33. The van der Waals surface area contributed by atoms with Crippen LogP contribution in [-0.2, 0) is 0 Å². The summed E-state index contributed by atoms with van der Waals surface area (Å²) in [5.74, 6) is 0. The van der Waals surface area contributed by atoms with Crippen molar-refractivity contribution >= 4 is 10.9 Å².